The van der Waals surface area contributed by atoms with Crippen molar-refractivity contribution in [2.75, 3.05) is 18.2 Å². The van der Waals surface area contributed by atoms with E-state index >= 15 is 0 Å². The number of rotatable bonds is 4. The van der Waals surface area contributed by atoms with Crippen LogP contribution in [0.15, 0.2) is 12.4 Å². The lowest BCUT2D eigenvalue weighted by Crippen LogP contribution is -2.13. The van der Waals surface area contributed by atoms with Gasteiger partial charge in [-0.05, 0) is 6.92 Å². The van der Waals surface area contributed by atoms with Crippen molar-refractivity contribution in [3.05, 3.63) is 18.2 Å². The van der Waals surface area contributed by atoms with E-state index < -0.39 is 0 Å². The van der Waals surface area contributed by atoms with Crippen LogP contribution < -0.4 is 15.8 Å². The van der Waals surface area contributed by atoms with Gasteiger partial charge in [0.2, 0.25) is 11.8 Å². The van der Waals surface area contributed by atoms with Crippen molar-refractivity contribution in [1.29, 1.82) is 0 Å². The Hall–Kier alpha value is -2.38. The third-order valence-electron chi connectivity index (χ3n) is 2.43. The molecule has 0 aliphatic carbocycles. The Morgan fingerprint density at radius 2 is 2.22 bits per heavy atom. The predicted molar refractivity (Wildman–Crippen MR) is 66.0 cm³/mol. The molecule has 2 aromatic heterocycles. The number of aryl methyl sites for hydroxylation is 1. The van der Waals surface area contributed by atoms with Gasteiger partial charge in [0.25, 0.3) is 0 Å². The molecule has 1 unspecified atom stereocenters. The Labute approximate surface area is 104 Å². The third-order valence-corrected chi connectivity index (χ3v) is 2.43. The zero-order chi connectivity index (χ0) is 13.1. The molecule has 0 aliphatic heterocycles. The van der Waals surface area contributed by atoms with Crippen LogP contribution in [-0.4, -0.2) is 31.8 Å². The average Bonchev–Trinajstić information content (AvgIpc) is 2.74. The smallest absolute Gasteiger partial charge is 0.225 e. The standard InChI is InChI=1S/C10H15N7O/c1-6(9-16-12-5-17(9)2)13-7-4-8(18-3)15-10(11)14-7/h4-6H,1-3H3,(H3,11,13,14,15). The van der Waals surface area contributed by atoms with Gasteiger partial charge in [-0.2, -0.15) is 9.97 Å². The van der Waals surface area contributed by atoms with Crippen LogP contribution in [0.1, 0.15) is 18.8 Å². The molecule has 0 bridgehead atoms. The summed E-state index contributed by atoms with van der Waals surface area (Å²) >= 11 is 0. The van der Waals surface area contributed by atoms with Crippen molar-refractivity contribution in [2.24, 2.45) is 7.05 Å². The van der Waals surface area contributed by atoms with Crippen LogP contribution in [-0.2, 0) is 7.05 Å². The van der Waals surface area contributed by atoms with Crippen molar-refractivity contribution in [2.45, 2.75) is 13.0 Å². The highest BCUT2D eigenvalue weighted by molar-refractivity contribution is 5.43. The SMILES string of the molecule is COc1cc(NC(C)c2nncn2C)nc(N)n1. The molecule has 8 nitrogen and oxygen atoms in total. The monoisotopic (exact) mass is 249 g/mol. The Balaban J connectivity index is 2.19. The Kier molecular flexibility index (Phi) is 3.26. The van der Waals surface area contributed by atoms with Crippen LogP contribution in [0.5, 0.6) is 5.88 Å². The molecule has 1 atom stereocenters. The summed E-state index contributed by atoms with van der Waals surface area (Å²) in [7, 11) is 3.40. The highest BCUT2D eigenvalue weighted by Crippen LogP contribution is 2.19. The van der Waals surface area contributed by atoms with Crippen LogP contribution in [0.2, 0.25) is 0 Å². The van der Waals surface area contributed by atoms with Crippen LogP contribution in [0.25, 0.3) is 0 Å². The maximum Gasteiger partial charge on any atom is 0.225 e. The summed E-state index contributed by atoms with van der Waals surface area (Å²) in [6.45, 7) is 1.95. The quantitative estimate of drug-likeness (QED) is 0.806. The number of hydrogen-bond acceptors (Lipinski definition) is 7. The molecule has 0 radical (unpaired) electrons. The number of hydrogen-bond donors (Lipinski definition) is 2. The lowest BCUT2D eigenvalue weighted by molar-refractivity contribution is 0.398. The van der Waals surface area contributed by atoms with Gasteiger partial charge in [0.05, 0.1) is 13.2 Å². The summed E-state index contributed by atoms with van der Waals surface area (Å²) in [4.78, 5) is 7.99. The van der Waals surface area contributed by atoms with Gasteiger partial charge < -0.3 is 20.4 Å². The summed E-state index contributed by atoms with van der Waals surface area (Å²) in [6.07, 6.45) is 1.64. The van der Waals surface area contributed by atoms with E-state index in [1.54, 1.807) is 12.4 Å². The molecule has 8 heteroatoms. The van der Waals surface area contributed by atoms with E-state index in [0.717, 1.165) is 5.82 Å². The molecule has 0 aliphatic rings. The molecule has 0 spiro atoms. The van der Waals surface area contributed by atoms with E-state index in [0.29, 0.717) is 11.7 Å². The maximum atomic E-state index is 5.58. The van der Waals surface area contributed by atoms with E-state index in [9.17, 15) is 0 Å². The zero-order valence-corrected chi connectivity index (χ0v) is 10.5. The number of nitrogens with one attached hydrogen (secondary N) is 1. The molecule has 2 heterocycles. The number of nitrogens with zero attached hydrogens (tertiary/aromatic N) is 5. The first kappa shape index (κ1) is 12.1. The number of ether oxygens (including phenoxy) is 1. The first-order chi connectivity index (χ1) is 8.60. The van der Waals surface area contributed by atoms with E-state index in [2.05, 4.69) is 25.5 Å². The molecular formula is C10H15N7O. The van der Waals surface area contributed by atoms with E-state index in [1.807, 2.05) is 18.5 Å². The second-order valence-electron chi connectivity index (χ2n) is 3.82. The highest BCUT2D eigenvalue weighted by Gasteiger charge is 2.12. The number of nitrogens with two attached hydrogens (primary N) is 1. The fourth-order valence-electron chi connectivity index (χ4n) is 1.59. The van der Waals surface area contributed by atoms with Gasteiger partial charge in [-0.15, -0.1) is 10.2 Å². The number of anilines is 2. The largest absolute Gasteiger partial charge is 0.481 e. The predicted octanol–water partition coefficient (Wildman–Crippen LogP) is 0.369. The van der Waals surface area contributed by atoms with Gasteiger partial charge >= 0.3 is 0 Å². The summed E-state index contributed by atoms with van der Waals surface area (Å²) < 4.78 is 6.86. The molecule has 0 fully saturated rings. The van der Waals surface area contributed by atoms with Crippen LogP contribution in [0, 0.1) is 0 Å². The van der Waals surface area contributed by atoms with Crippen LogP contribution >= 0.6 is 0 Å². The van der Waals surface area contributed by atoms with Crippen LogP contribution in [0.3, 0.4) is 0 Å². The third kappa shape index (κ3) is 2.47. The molecule has 2 aromatic rings. The molecule has 0 aromatic carbocycles. The van der Waals surface area contributed by atoms with Gasteiger partial charge in [-0.1, -0.05) is 0 Å². The Morgan fingerprint density at radius 3 is 2.83 bits per heavy atom. The average molecular weight is 249 g/mol. The van der Waals surface area contributed by atoms with Gasteiger partial charge in [0.15, 0.2) is 5.82 Å². The summed E-state index contributed by atoms with van der Waals surface area (Å²) in [5.41, 5.74) is 5.58. The maximum absolute atomic E-state index is 5.58. The first-order valence-corrected chi connectivity index (χ1v) is 5.39. The molecule has 0 saturated carbocycles. The van der Waals surface area contributed by atoms with Crippen molar-refractivity contribution < 1.29 is 4.74 Å². The molecule has 96 valence electrons. The number of methoxy groups -OCH3 is 1. The van der Waals surface area contributed by atoms with E-state index in [1.165, 1.54) is 7.11 Å². The lowest BCUT2D eigenvalue weighted by atomic mass is 10.3. The molecule has 0 saturated heterocycles. The normalized spacial score (nSPS) is 12.2. The van der Waals surface area contributed by atoms with Crippen molar-refractivity contribution in [1.82, 2.24) is 24.7 Å². The second-order valence-corrected chi connectivity index (χ2v) is 3.82. The summed E-state index contributed by atoms with van der Waals surface area (Å²) in [5, 5.41) is 11.0. The molecule has 3 N–H and O–H groups in total. The zero-order valence-electron chi connectivity index (χ0n) is 10.5. The number of nitrogen functional groups attached to an aromatic ring is 1. The highest BCUT2D eigenvalue weighted by atomic mass is 16.5. The minimum Gasteiger partial charge on any atom is -0.481 e. The molecule has 0 amide bonds. The molecule has 18 heavy (non-hydrogen) atoms. The number of aromatic nitrogens is 5. The second kappa shape index (κ2) is 4.86. The lowest BCUT2D eigenvalue weighted by Gasteiger charge is -2.14. The minimum absolute atomic E-state index is 0.0588. The summed E-state index contributed by atoms with van der Waals surface area (Å²) in [5.74, 6) is 1.94. The van der Waals surface area contributed by atoms with Gasteiger partial charge in [0.1, 0.15) is 12.1 Å². The fraction of sp³-hybridized carbons (Fsp3) is 0.400. The topological polar surface area (TPSA) is 104 Å². The fourth-order valence-corrected chi connectivity index (χ4v) is 1.59. The Morgan fingerprint density at radius 1 is 1.44 bits per heavy atom. The molecule has 2 rings (SSSR count). The molecular weight excluding hydrogens is 234 g/mol. The Bertz CT molecular complexity index is 539. The minimum atomic E-state index is -0.0588. The van der Waals surface area contributed by atoms with Gasteiger partial charge in [0, 0.05) is 13.1 Å². The summed E-state index contributed by atoms with van der Waals surface area (Å²) in [6, 6.07) is 1.61. The van der Waals surface area contributed by atoms with Crippen molar-refractivity contribution in [3.8, 4) is 5.88 Å². The first-order valence-electron chi connectivity index (χ1n) is 5.39. The van der Waals surface area contributed by atoms with Gasteiger partial charge in [-0.25, -0.2) is 0 Å². The van der Waals surface area contributed by atoms with Crippen molar-refractivity contribution in [3.63, 3.8) is 0 Å². The van der Waals surface area contributed by atoms with Crippen LogP contribution in [0.4, 0.5) is 11.8 Å². The van der Waals surface area contributed by atoms with E-state index in [4.69, 9.17) is 10.5 Å². The van der Waals surface area contributed by atoms with E-state index in [-0.39, 0.29) is 12.0 Å². The van der Waals surface area contributed by atoms with Crippen molar-refractivity contribution >= 4 is 11.8 Å². The van der Waals surface area contributed by atoms with Gasteiger partial charge in [-0.3, -0.25) is 0 Å².